The van der Waals surface area contributed by atoms with Crippen LogP contribution in [0.4, 0.5) is 0 Å². The second-order valence-corrected chi connectivity index (χ2v) is 3.31. The fourth-order valence-electron chi connectivity index (χ4n) is 1.38. The Morgan fingerprint density at radius 2 is 1.94 bits per heavy atom. The van der Waals surface area contributed by atoms with E-state index in [1.54, 1.807) is 14.2 Å². The first-order chi connectivity index (χ1) is 7.74. The lowest BCUT2D eigenvalue weighted by atomic mass is 10.1. The normalized spacial score (nSPS) is 11.1. The van der Waals surface area contributed by atoms with Crippen molar-refractivity contribution >= 4 is 12.4 Å². The highest BCUT2D eigenvalue weighted by Gasteiger charge is 2.03. The van der Waals surface area contributed by atoms with Crippen LogP contribution in [0.3, 0.4) is 0 Å². The number of aldehydes is 1. The zero-order valence-corrected chi connectivity index (χ0v) is 9.82. The molecule has 0 amide bonds. The van der Waals surface area contributed by atoms with Crippen LogP contribution >= 0.6 is 0 Å². The molecule has 0 atom stereocenters. The maximum Gasteiger partial charge on any atom is 0.161 e. The smallest absolute Gasteiger partial charge is 0.161 e. The largest absolute Gasteiger partial charge is 0.493 e. The van der Waals surface area contributed by atoms with Crippen molar-refractivity contribution in [1.82, 2.24) is 0 Å². The van der Waals surface area contributed by atoms with Crippen molar-refractivity contribution in [3.63, 3.8) is 0 Å². The van der Waals surface area contributed by atoms with Gasteiger partial charge < -0.3 is 9.47 Å². The van der Waals surface area contributed by atoms with Gasteiger partial charge in [-0.15, -0.1) is 0 Å². The van der Waals surface area contributed by atoms with Crippen LogP contribution in [-0.4, -0.2) is 20.5 Å². The van der Waals surface area contributed by atoms with Gasteiger partial charge in [-0.25, -0.2) is 0 Å². The average Bonchev–Trinajstić information content (AvgIpc) is 2.35. The monoisotopic (exact) mass is 220 g/mol. The number of rotatable bonds is 5. The Morgan fingerprint density at radius 3 is 2.44 bits per heavy atom. The second kappa shape index (κ2) is 5.95. The number of methoxy groups -OCH3 is 2. The van der Waals surface area contributed by atoms with Crippen LogP contribution in [-0.2, 0) is 4.79 Å². The number of hydrogen-bond donors (Lipinski definition) is 0. The minimum atomic E-state index is 0.664. The number of allylic oxidation sites excluding steroid dienone is 1. The molecule has 0 unspecified atom stereocenters. The fraction of sp³-hybridized carbons (Fsp3) is 0.308. The molecule has 0 fully saturated rings. The van der Waals surface area contributed by atoms with Crippen LogP contribution in [0.1, 0.15) is 18.9 Å². The molecule has 0 aliphatic rings. The van der Waals surface area contributed by atoms with E-state index in [0.717, 1.165) is 23.8 Å². The second-order valence-electron chi connectivity index (χ2n) is 3.31. The first-order valence-electron chi connectivity index (χ1n) is 5.13. The fourth-order valence-corrected chi connectivity index (χ4v) is 1.38. The highest BCUT2D eigenvalue weighted by Crippen LogP contribution is 2.28. The Bertz CT molecular complexity index is 394. The predicted molar refractivity (Wildman–Crippen MR) is 63.9 cm³/mol. The molecule has 0 N–H and O–H groups in total. The third-order valence-corrected chi connectivity index (χ3v) is 2.32. The summed E-state index contributed by atoms with van der Waals surface area (Å²) < 4.78 is 10.3. The zero-order chi connectivity index (χ0) is 12.0. The predicted octanol–water partition coefficient (Wildman–Crippen LogP) is 2.70. The molecule has 0 saturated heterocycles. The number of hydrogen-bond acceptors (Lipinski definition) is 3. The van der Waals surface area contributed by atoms with Gasteiger partial charge in [-0.1, -0.05) is 13.0 Å². The average molecular weight is 220 g/mol. The Labute approximate surface area is 95.7 Å². The van der Waals surface area contributed by atoms with Gasteiger partial charge in [0, 0.05) is 0 Å². The van der Waals surface area contributed by atoms with E-state index in [1.807, 2.05) is 31.2 Å². The first-order valence-corrected chi connectivity index (χ1v) is 5.13. The van der Waals surface area contributed by atoms with Crippen LogP contribution in [0.15, 0.2) is 23.8 Å². The van der Waals surface area contributed by atoms with E-state index in [4.69, 9.17) is 9.47 Å². The minimum absolute atomic E-state index is 0.664. The SMILES string of the molecule is CCC(C=O)=Cc1ccc(OC)c(OC)c1. The van der Waals surface area contributed by atoms with Crippen molar-refractivity contribution < 1.29 is 14.3 Å². The van der Waals surface area contributed by atoms with Gasteiger partial charge >= 0.3 is 0 Å². The van der Waals surface area contributed by atoms with Crippen LogP contribution in [0.2, 0.25) is 0 Å². The lowest BCUT2D eigenvalue weighted by molar-refractivity contribution is -0.104. The summed E-state index contributed by atoms with van der Waals surface area (Å²) in [5.41, 5.74) is 1.69. The summed E-state index contributed by atoms with van der Waals surface area (Å²) in [5, 5.41) is 0. The minimum Gasteiger partial charge on any atom is -0.493 e. The number of ether oxygens (including phenoxy) is 2. The quantitative estimate of drug-likeness (QED) is 0.565. The van der Waals surface area contributed by atoms with Gasteiger partial charge in [-0.3, -0.25) is 4.79 Å². The molecule has 0 aliphatic heterocycles. The Hall–Kier alpha value is -1.77. The van der Waals surface area contributed by atoms with Gasteiger partial charge in [-0.05, 0) is 35.8 Å². The Kier molecular flexibility index (Phi) is 4.58. The van der Waals surface area contributed by atoms with Gasteiger partial charge in [0.25, 0.3) is 0 Å². The summed E-state index contributed by atoms with van der Waals surface area (Å²) in [5.74, 6) is 1.35. The molecule has 3 nitrogen and oxygen atoms in total. The van der Waals surface area contributed by atoms with Crippen LogP contribution in [0.25, 0.3) is 6.08 Å². The molecule has 0 spiro atoms. The molecule has 1 aromatic rings. The molecule has 3 heteroatoms. The van der Waals surface area contributed by atoms with Crippen molar-refractivity contribution in [2.45, 2.75) is 13.3 Å². The van der Waals surface area contributed by atoms with E-state index in [2.05, 4.69) is 0 Å². The summed E-state index contributed by atoms with van der Waals surface area (Å²) in [6.07, 6.45) is 3.43. The lowest BCUT2D eigenvalue weighted by Gasteiger charge is -2.07. The summed E-state index contributed by atoms with van der Waals surface area (Å²) in [6.45, 7) is 1.95. The number of carbonyl (C=O) groups is 1. The van der Waals surface area contributed by atoms with Gasteiger partial charge in [0.15, 0.2) is 11.5 Å². The van der Waals surface area contributed by atoms with Crippen molar-refractivity contribution in [1.29, 1.82) is 0 Å². The zero-order valence-electron chi connectivity index (χ0n) is 9.82. The first kappa shape index (κ1) is 12.3. The summed E-state index contributed by atoms with van der Waals surface area (Å²) >= 11 is 0. The molecule has 16 heavy (non-hydrogen) atoms. The van der Waals surface area contributed by atoms with E-state index in [-0.39, 0.29) is 0 Å². The maximum atomic E-state index is 10.7. The van der Waals surface area contributed by atoms with E-state index < -0.39 is 0 Å². The molecule has 0 saturated carbocycles. The van der Waals surface area contributed by atoms with Crippen molar-refractivity contribution in [3.05, 3.63) is 29.3 Å². The summed E-state index contributed by atoms with van der Waals surface area (Å²) in [6, 6.07) is 5.56. The van der Waals surface area contributed by atoms with Crippen molar-refractivity contribution in [2.75, 3.05) is 14.2 Å². The number of carbonyl (C=O) groups excluding carboxylic acids is 1. The third-order valence-electron chi connectivity index (χ3n) is 2.32. The highest BCUT2D eigenvalue weighted by molar-refractivity contribution is 5.81. The molecule has 1 rings (SSSR count). The van der Waals surface area contributed by atoms with Crippen LogP contribution in [0, 0.1) is 0 Å². The van der Waals surface area contributed by atoms with Crippen LogP contribution < -0.4 is 9.47 Å². The molecule has 0 heterocycles. The molecule has 1 aromatic carbocycles. The molecule has 0 radical (unpaired) electrons. The van der Waals surface area contributed by atoms with Gasteiger partial charge in [0.1, 0.15) is 6.29 Å². The molecular formula is C13H16O3. The molecule has 0 aromatic heterocycles. The summed E-state index contributed by atoms with van der Waals surface area (Å²) in [7, 11) is 3.18. The van der Waals surface area contributed by atoms with E-state index in [9.17, 15) is 4.79 Å². The topological polar surface area (TPSA) is 35.5 Å². The highest BCUT2D eigenvalue weighted by atomic mass is 16.5. The van der Waals surface area contributed by atoms with E-state index >= 15 is 0 Å². The standard InChI is InChI=1S/C13H16O3/c1-4-10(9-14)7-11-5-6-12(15-2)13(8-11)16-3/h5-9H,4H2,1-3H3. The Balaban J connectivity index is 3.08. The van der Waals surface area contributed by atoms with Crippen LogP contribution in [0.5, 0.6) is 11.5 Å². The van der Waals surface area contributed by atoms with Crippen molar-refractivity contribution in [3.8, 4) is 11.5 Å². The lowest BCUT2D eigenvalue weighted by Crippen LogP contribution is -1.91. The number of benzene rings is 1. The van der Waals surface area contributed by atoms with E-state index in [0.29, 0.717) is 11.5 Å². The van der Waals surface area contributed by atoms with E-state index in [1.165, 1.54) is 0 Å². The van der Waals surface area contributed by atoms with Gasteiger partial charge in [0.05, 0.1) is 14.2 Å². The Morgan fingerprint density at radius 1 is 1.25 bits per heavy atom. The summed E-state index contributed by atoms with van der Waals surface area (Å²) in [4.78, 5) is 10.7. The van der Waals surface area contributed by atoms with Gasteiger partial charge in [0.2, 0.25) is 0 Å². The molecule has 86 valence electrons. The molecule has 0 aliphatic carbocycles. The third kappa shape index (κ3) is 2.86. The molecular weight excluding hydrogens is 204 g/mol. The molecule has 0 bridgehead atoms. The van der Waals surface area contributed by atoms with Crippen molar-refractivity contribution in [2.24, 2.45) is 0 Å². The maximum absolute atomic E-state index is 10.7. The van der Waals surface area contributed by atoms with Gasteiger partial charge in [-0.2, -0.15) is 0 Å².